The van der Waals surface area contributed by atoms with Crippen molar-refractivity contribution in [2.75, 3.05) is 44.2 Å². The fourth-order valence-corrected chi connectivity index (χ4v) is 4.23. The molecular formula is C25H32N6O. The van der Waals surface area contributed by atoms with Gasteiger partial charge in [0, 0.05) is 44.6 Å². The lowest BCUT2D eigenvalue weighted by Gasteiger charge is -2.36. The Labute approximate surface area is 190 Å². The second-order valence-corrected chi connectivity index (χ2v) is 8.24. The number of rotatable bonds is 8. The molecule has 1 fully saturated rings. The van der Waals surface area contributed by atoms with Crippen LogP contribution in [0, 0.1) is 6.92 Å². The maximum absolute atomic E-state index is 12.7. The summed E-state index contributed by atoms with van der Waals surface area (Å²) in [6.45, 7) is 10.0. The van der Waals surface area contributed by atoms with Gasteiger partial charge in [0.05, 0.1) is 17.5 Å². The largest absolute Gasteiger partial charge is 0.369 e. The topological polar surface area (TPSA) is 66.3 Å². The molecule has 0 aliphatic carbocycles. The first-order valence-electron chi connectivity index (χ1n) is 11.5. The number of aromatic nitrogens is 3. The van der Waals surface area contributed by atoms with E-state index in [9.17, 15) is 4.79 Å². The van der Waals surface area contributed by atoms with E-state index in [-0.39, 0.29) is 5.91 Å². The Bertz CT molecular complexity index is 1020. The van der Waals surface area contributed by atoms with Gasteiger partial charge in [0.2, 0.25) is 0 Å². The van der Waals surface area contributed by atoms with E-state index in [0.29, 0.717) is 18.5 Å². The first-order valence-corrected chi connectivity index (χ1v) is 11.5. The molecule has 32 heavy (non-hydrogen) atoms. The Morgan fingerprint density at radius 3 is 2.66 bits per heavy atom. The summed E-state index contributed by atoms with van der Waals surface area (Å²) in [5.74, 6) is 0.668. The van der Waals surface area contributed by atoms with Gasteiger partial charge in [-0.15, -0.1) is 0 Å². The van der Waals surface area contributed by atoms with Crippen LogP contribution in [0.15, 0.2) is 54.9 Å². The van der Waals surface area contributed by atoms with Gasteiger partial charge in [-0.3, -0.25) is 9.69 Å². The maximum Gasteiger partial charge on any atom is 0.254 e. The van der Waals surface area contributed by atoms with Crippen molar-refractivity contribution < 1.29 is 4.79 Å². The minimum Gasteiger partial charge on any atom is -0.369 e. The van der Waals surface area contributed by atoms with E-state index in [1.165, 1.54) is 11.3 Å². The zero-order chi connectivity index (χ0) is 22.3. The average molecular weight is 433 g/mol. The molecule has 1 saturated heterocycles. The highest BCUT2D eigenvalue weighted by molar-refractivity contribution is 5.95. The molecule has 7 heteroatoms. The first-order chi connectivity index (χ1) is 15.7. The molecule has 0 atom stereocenters. The van der Waals surface area contributed by atoms with Crippen LogP contribution in [0.5, 0.6) is 0 Å². The van der Waals surface area contributed by atoms with Crippen molar-refractivity contribution in [1.82, 2.24) is 25.0 Å². The van der Waals surface area contributed by atoms with Crippen LogP contribution in [0.3, 0.4) is 0 Å². The molecule has 1 aliphatic heterocycles. The van der Waals surface area contributed by atoms with E-state index >= 15 is 0 Å². The third-order valence-electron chi connectivity index (χ3n) is 5.99. The SMILES string of the molecule is CCc1c(C(=O)NCCCN2CCN(c3cccc(C)c3)CC2)cnn1-c1ccccn1. The predicted molar refractivity (Wildman–Crippen MR) is 128 cm³/mol. The monoisotopic (exact) mass is 432 g/mol. The fraction of sp³-hybridized carbons (Fsp3) is 0.400. The number of amides is 1. The molecule has 0 spiro atoms. The van der Waals surface area contributed by atoms with Crippen molar-refractivity contribution in [3.63, 3.8) is 0 Å². The van der Waals surface area contributed by atoms with Gasteiger partial charge in [-0.1, -0.05) is 25.1 Å². The standard InChI is InChI=1S/C25H32N6O/c1-3-23-22(19-28-31(23)24-10-4-5-11-26-24)25(32)27-12-7-13-29-14-16-30(17-15-29)21-9-6-8-20(2)18-21/h4-6,8-11,18-19H,3,7,12-17H2,1-2H3,(H,27,32). The first kappa shape index (κ1) is 22.0. The van der Waals surface area contributed by atoms with Crippen molar-refractivity contribution in [2.24, 2.45) is 0 Å². The van der Waals surface area contributed by atoms with E-state index in [0.717, 1.165) is 50.7 Å². The summed E-state index contributed by atoms with van der Waals surface area (Å²) in [7, 11) is 0. The molecule has 1 N–H and O–H groups in total. The second kappa shape index (κ2) is 10.4. The summed E-state index contributed by atoms with van der Waals surface area (Å²) in [5, 5.41) is 7.47. The Kier molecular flexibility index (Phi) is 7.17. The van der Waals surface area contributed by atoms with E-state index in [1.54, 1.807) is 17.1 Å². The van der Waals surface area contributed by atoms with Crippen LogP contribution in [0.2, 0.25) is 0 Å². The number of hydrogen-bond acceptors (Lipinski definition) is 5. The summed E-state index contributed by atoms with van der Waals surface area (Å²) in [6, 6.07) is 14.4. The van der Waals surface area contributed by atoms with Crippen molar-refractivity contribution in [3.8, 4) is 5.82 Å². The molecule has 0 saturated carbocycles. The van der Waals surface area contributed by atoms with Crippen LogP contribution in [0.4, 0.5) is 5.69 Å². The van der Waals surface area contributed by atoms with Crippen molar-refractivity contribution >= 4 is 11.6 Å². The highest BCUT2D eigenvalue weighted by Gasteiger charge is 2.19. The number of anilines is 1. The number of benzene rings is 1. The summed E-state index contributed by atoms with van der Waals surface area (Å²) in [5.41, 5.74) is 4.13. The Hall–Kier alpha value is -3.19. The predicted octanol–water partition coefficient (Wildman–Crippen LogP) is 3.08. The van der Waals surface area contributed by atoms with Crippen molar-refractivity contribution in [3.05, 3.63) is 71.7 Å². The lowest BCUT2D eigenvalue weighted by molar-refractivity contribution is 0.0950. The molecule has 3 aromatic rings. The molecule has 7 nitrogen and oxygen atoms in total. The lowest BCUT2D eigenvalue weighted by Crippen LogP contribution is -2.47. The van der Waals surface area contributed by atoms with Crippen LogP contribution in [-0.4, -0.2) is 64.8 Å². The minimum atomic E-state index is -0.0618. The average Bonchev–Trinajstić information content (AvgIpc) is 3.27. The van der Waals surface area contributed by atoms with Crippen LogP contribution in [0.25, 0.3) is 5.82 Å². The lowest BCUT2D eigenvalue weighted by atomic mass is 10.2. The highest BCUT2D eigenvalue weighted by Crippen LogP contribution is 2.18. The minimum absolute atomic E-state index is 0.0618. The van der Waals surface area contributed by atoms with E-state index in [4.69, 9.17) is 0 Å². The third kappa shape index (κ3) is 5.16. The number of piperazine rings is 1. The number of nitrogens with zero attached hydrogens (tertiary/aromatic N) is 5. The van der Waals surface area contributed by atoms with Crippen LogP contribution in [0.1, 0.15) is 35.0 Å². The van der Waals surface area contributed by atoms with Gasteiger partial charge >= 0.3 is 0 Å². The molecule has 168 valence electrons. The van der Waals surface area contributed by atoms with E-state index in [1.807, 2.05) is 25.1 Å². The smallest absolute Gasteiger partial charge is 0.254 e. The fourth-order valence-electron chi connectivity index (χ4n) is 4.23. The van der Waals surface area contributed by atoms with Gasteiger partial charge in [-0.05, 0) is 56.1 Å². The zero-order valence-electron chi connectivity index (χ0n) is 19.0. The number of pyridine rings is 1. The number of hydrogen-bond donors (Lipinski definition) is 1. The van der Waals surface area contributed by atoms with Gasteiger partial charge in [0.25, 0.3) is 5.91 Å². The van der Waals surface area contributed by atoms with Gasteiger partial charge < -0.3 is 10.2 Å². The molecule has 1 amide bonds. The number of nitrogens with one attached hydrogen (secondary N) is 1. The molecular weight excluding hydrogens is 400 g/mol. The van der Waals surface area contributed by atoms with Crippen LogP contribution in [-0.2, 0) is 6.42 Å². The van der Waals surface area contributed by atoms with E-state index < -0.39 is 0 Å². The third-order valence-corrected chi connectivity index (χ3v) is 5.99. The molecule has 0 radical (unpaired) electrons. The number of carbonyl (C=O) groups excluding carboxylic acids is 1. The van der Waals surface area contributed by atoms with Gasteiger partial charge in [0.15, 0.2) is 5.82 Å². The Morgan fingerprint density at radius 1 is 1.09 bits per heavy atom. The normalized spacial score (nSPS) is 14.5. The van der Waals surface area contributed by atoms with Crippen LogP contribution >= 0.6 is 0 Å². The molecule has 0 bridgehead atoms. The molecule has 0 unspecified atom stereocenters. The molecule has 2 aromatic heterocycles. The summed E-state index contributed by atoms with van der Waals surface area (Å²) >= 11 is 0. The summed E-state index contributed by atoms with van der Waals surface area (Å²) in [6.07, 6.45) is 5.03. The van der Waals surface area contributed by atoms with Crippen molar-refractivity contribution in [1.29, 1.82) is 0 Å². The van der Waals surface area contributed by atoms with Gasteiger partial charge in [0.1, 0.15) is 0 Å². The molecule has 1 aliphatic rings. The van der Waals surface area contributed by atoms with Crippen molar-refractivity contribution in [2.45, 2.75) is 26.7 Å². The van der Waals surface area contributed by atoms with Crippen LogP contribution < -0.4 is 10.2 Å². The van der Waals surface area contributed by atoms with E-state index in [2.05, 4.69) is 56.4 Å². The van der Waals surface area contributed by atoms with Gasteiger partial charge in [-0.2, -0.15) is 5.10 Å². The highest BCUT2D eigenvalue weighted by atomic mass is 16.1. The second-order valence-electron chi connectivity index (χ2n) is 8.24. The molecule has 1 aromatic carbocycles. The quantitative estimate of drug-likeness (QED) is 0.554. The summed E-state index contributed by atoms with van der Waals surface area (Å²) in [4.78, 5) is 22.0. The Morgan fingerprint density at radius 2 is 1.94 bits per heavy atom. The van der Waals surface area contributed by atoms with Gasteiger partial charge in [-0.25, -0.2) is 9.67 Å². The molecule has 4 rings (SSSR count). The molecule has 3 heterocycles. The number of carbonyl (C=O) groups is 1. The summed E-state index contributed by atoms with van der Waals surface area (Å²) < 4.78 is 1.75. The number of aryl methyl sites for hydroxylation is 1. The Balaban J connectivity index is 1.23. The zero-order valence-corrected chi connectivity index (χ0v) is 19.0. The maximum atomic E-state index is 12.7.